The molecule has 0 amide bonds. The summed E-state index contributed by atoms with van der Waals surface area (Å²) in [6.07, 6.45) is 8.60. The standard InChI is InChI=1S/C21H30O3/c1-4-24-18-12-14-15-5-6-19(23)21(15,3)10-8-16(14)20(2)9-7-13(22)11-17(18)20/h11,14-16,18H,4-10,12H2,1-3H3/t14-,15-,16-,18-,20+,21-/m0/s1. The molecule has 0 N–H and O–H groups in total. The number of hydrogen-bond donors (Lipinski definition) is 0. The van der Waals surface area contributed by atoms with E-state index in [1.54, 1.807) is 0 Å². The molecule has 0 radical (unpaired) electrons. The van der Waals surface area contributed by atoms with Crippen LogP contribution in [0, 0.1) is 28.6 Å². The third-order valence-corrected chi connectivity index (χ3v) is 8.03. The molecule has 0 aromatic heterocycles. The number of rotatable bonds is 2. The average molecular weight is 330 g/mol. The molecule has 0 unspecified atom stereocenters. The highest BCUT2D eigenvalue weighted by Crippen LogP contribution is 2.64. The number of ketones is 2. The van der Waals surface area contributed by atoms with Gasteiger partial charge in [-0.25, -0.2) is 0 Å². The van der Waals surface area contributed by atoms with Crippen molar-refractivity contribution in [1.29, 1.82) is 0 Å². The summed E-state index contributed by atoms with van der Waals surface area (Å²) in [5.74, 6) is 2.45. The zero-order valence-electron chi connectivity index (χ0n) is 15.3. The second-order valence-corrected chi connectivity index (χ2v) is 8.96. The first kappa shape index (κ1) is 16.5. The van der Waals surface area contributed by atoms with Gasteiger partial charge in [0, 0.05) is 24.9 Å². The fourth-order valence-electron chi connectivity index (χ4n) is 6.71. The van der Waals surface area contributed by atoms with E-state index >= 15 is 0 Å². The minimum absolute atomic E-state index is 0.0727. The van der Waals surface area contributed by atoms with Crippen LogP contribution < -0.4 is 0 Å². The Morgan fingerprint density at radius 3 is 2.58 bits per heavy atom. The lowest BCUT2D eigenvalue weighted by atomic mass is 9.47. The molecule has 0 bridgehead atoms. The van der Waals surface area contributed by atoms with Crippen molar-refractivity contribution >= 4 is 11.6 Å². The lowest BCUT2D eigenvalue weighted by molar-refractivity contribution is -0.135. The first-order valence-electron chi connectivity index (χ1n) is 9.80. The Bertz CT molecular complexity index is 606. The molecule has 4 aliphatic rings. The minimum atomic E-state index is -0.0972. The number of Topliss-reactive ketones (excluding diaryl/α,β-unsaturated/α-hetero) is 1. The van der Waals surface area contributed by atoms with Gasteiger partial charge >= 0.3 is 0 Å². The lowest BCUT2D eigenvalue weighted by Gasteiger charge is -2.58. The molecule has 0 aromatic rings. The molecule has 4 rings (SSSR count). The normalized spacial score (nSPS) is 47.7. The van der Waals surface area contributed by atoms with Crippen LogP contribution in [0.1, 0.15) is 65.7 Å². The van der Waals surface area contributed by atoms with Crippen molar-refractivity contribution in [2.24, 2.45) is 28.6 Å². The van der Waals surface area contributed by atoms with E-state index in [4.69, 9.17) is 4.74 Å². The Kier molecular flexibility index (Phi) is 3.80. The monoisotopic (exact) mass is 330 g/mol. The zero-order valence-corrected chi connectivity index (χ0v) is 15.3. The molecule has 3 heteroatoms. The van der Waals surface area contributed by atoms with Gasteiger partial charge in [0.2, 0.25) is 0 Å². The molecule has 24 heavy (non-hydrogen) atoms. The predicted octanol–water partition coefficient (Wildman–Crippen LogP) is 4.10. The van der Waals surface area contributed by atoms with E-state index < -0.39 is 0 Å². The molecule has 3 nitrogen and oxygen atoms in total. The highest BCUT2D eigenvalue weighted by atomic mass is 16.5. The predicted molar refractivity (Wildman–Crippen MR) is 92.5 cm³/mol. The van der Waals surface area contributed by atoms with Crippen LogP contribution in [0.5, 0.6) is 0 Å². The van der Waals surface area contributed by atoms with Gasteiger partial charge in [-0.3, -0.25) is 9.59 Å². The first-order valence-corrected chi connectivity index (χ1v) is 9.80. The van der Waals surface area contributed by atoms with Crippen LogP contribution in [0.2, 0.25) is 0 Å². The highest BCUT2D eigenvalue weighted by molar-refractivity contribution is 5.92. The molecule has 0 aromatic carbocycles. The van der Waals surface area contributed by atoms with Crippen LogP contribution in [-0.4, -0.2) is 24.3 Å². The fraction of sp³-hybridized carbons (Fsp3) is 0.810. The van der Waals surface area contributed by atoms with Crippen molar-refractivity contribution in [3.63, 3.8) is 0 Å². The molecular formula is C21H30O3. The van der Waals surface area contributed by atoms with Gasteiger partial charge < -0.3 is 4.74 Å². The van der Waals surface area contributed by atoms with E-state index in [0.717, 1.165) is 38.5 Å². The van der Waals surface area contributed by atoms with Crippen molar-refractivity contribution in [2.45, 2.75) is 71.8 Å². The van der Waals surface area contributed by atoms with E-state index in [1.807, 2.05) is 13.0 Å². The molecular weight excluding hydrogens is 300 g/mol. The fourth-order valence-corrected chi connectivity index (χ4v) is 6.71. The Hall–Kier alpha value is -0.960. The average Bonchev–Trinajstić information content (AvgIpc) is 2.85. The summed E-state index contributed by atoms with van der Waals surface area (Å²) in [6, 6.07) is 0. The van der Waals surface area contributed by atoms with Crippen molar-refractivity contribution in [3.05, 3.63) is 11.6 Å². The van der Waals surface area contributed by atoms with Crippen molar-refractivity contribution in [3.8, 4) is 0 Å². The zero-order chi connectivity index (χ0) is 17.1. The highest BCUT2D eigenvalue weighted by Gasteiger charge is 2.60. The van der Waals surface area contributed by atoms with Gasteiger partial charge in [0.1, 0.15) is 5.78 Å². The van der Waals surface area contributed by atoms with Gasteiger partial charge in [-0.1, -0.05) is 13.8 Å². The molecule has 3 saturated carbocycles. The molecule has 132 valence electrons. The van der Waals surface area contributed by atoms with Crippen LogP contribution in [0.4, 0.5) is 0 Å². The maximum Gasteiger partial charge on any atom is 0.155 e. The molecule has 0 heterocycles. The van der Waals surface area contributed by atoms with Crippen molar-refractivity contribution < 1.29 is 14.3 Å². The summed E-state index contributed by atoms with van der Waals surface area (Å²) in [7, 11) is 0. The summed E-state index contributed by atoms with van der Waals surface area (Å²) >= 11 is 0. The molecule has 0 saturated heterocycles. The summed E-state index contributed by atoms with van der Waals surface area (Å²) in [5.41, 5.74) is 1.25. The van der Waals surface area contributed by atoms with Gasteiger partial charge in [0.15, 0.2) is 5.78 Å². The van der Waals surface area contributed by atoms with Gasteiger partial charge in [0.25, 0.3) is 0 Å². The number of hydrogen-bond acceptors (Lipinski definition) is 3. The van der Waals surface area contributed by atoms with Crippen LogP contribution >= 0.6 is 0 Å². The number of carbonyl (C=O) groups is 2. The number of fused-ring (bicyclic) bond motifs is 5. The Balaban J connectivity index is 1.74. The third-order valence-electron chi connectivity index (χ3n) is 8.03. The van der Waals surface area contributed by atoms with Crippen LogP contribution in [0.15, 0.2) is 11.6 Å². The molecule has 6 atom stereocenters. The smallest absolute Gasteiger partial charge is 0.155 e. The van der Waals surface area contributed by atoms with E-state index in [9.17, 15) is 9.59 Å². The molecule has 3 fully saturated rings. The second kappa shape index (κ2) is 5.52. The summed E-state index contributed by atoms with van der Waals surface area (Å²) in [4.78, 5) is 24.6. The van der Waals surface area contributed by atoms with E-state index in [0.29, 0.717) is 36.6 Å². The lowest BCUT2D eigenvalue weighted by Crippen LogP contribution is -2.54. The Morgan fingerprint density at radius 1 is 1.08 bits per heavy atom. The Morgan fingerprint density at radius 2 is 1.83 bits per heavy atom. The van der Waals surface area contributed by atoms with Gasteiger partial charge in [-0.15, -0.1) is 0 Å². The number of carbonyl (C=O) groups excluding carboxylic acids is 2. The van der Waals surface area contributed by atoms with Crippen LogP contribution in [0.3, 0.4) is 0 Å². The van der Waals surface area contributed by atoms with Gasteiger partial charge in [0.05, 0.1) is 6.10 Å². The SMILES string of the molecule is CCO[C@H]1C[C@@H]2[C@H](CC[C@]3(C)C(=O)CC[C@@H]23)[C@@]2(C)CCC(=O)C=C12. The van der Waals surface area contributed by atoms with E-state index in [2.05, 4.69) is 13.8 Å². The van der Waals surface area contributed by atoms with Crippen molar-refractivity contribution in [2.75, 3.05) is 6.61 Å². The van der Waals surface area contributed by atoms with Crippen molar-refractivity contribution in [1.82, 2.24) is 0 Å². The molecule has 0 spiro atoms. The summed E-state index contributed by atoms with van der Waals surface area (Å²) in [6.45, 7) is 7.31. The van der Waals surface area contributed by atoms with Gasteiger partial charge in [-0.05, 0) is 73.8 Å². The van der Waals surface area contributed by atoms with E-state index in [1.165, 1.54) is 5.57 Å². The summed E-state index contributed by atoms with van der Waals surface area (Å²) in [5, 5.41) is 0. The third kappa shape index (κ3) is 2.13. The maximum absolute atomic E-state index is 12.5. The largest absolute Gasteiger partial charge is 0.374 e. The van der Waals surface area contributed by atoms with Crippen LogP contribution in [0.25, 0.3) is 0 Å². The molecule has 4 aliphatic carbocycles. The van der Waals surface area contributed by atoms with Crippen LogP contribution in [-0.2, 0) is 14.3 Å². The quantitative estimate of drug-likeness (QED) is 0.765. The van der Waals surface area contributed by atoms with Gasteiger partial charge in [-0.2, -0.15) is 0 Å². The maximum atomic E-state index is 12.5. The topological polar surface area (TPSA) is 43.4 Å². The summed E-state index contributed by atoms with van der Waals surface area (Å²) < 4.78 is 6.12. The van der Waals surface area contributed by atoms with E-state index in [-0.39, 0.29) is 22.7 Å². The number of ether oxygens (including phenoxy) is 1. The minimum Gasteiger partial charge on any atom is -0.374 e. The Labute approximate surface area is 145 Å². The second-order valence-electron chi connectivity index (χ2n) is 8.96. The first-order chi connectivity index (χ1) is 11.4. The molecule has 0 aliphatic heterocycles.